The minimum atomic E-state index is -0.532. The highest BCUT2D eigenvalue weighted by Gasteiger charge is 2.36. The predicted molar refractivity (Wildman–Crippen MR) is 143 cm³/mol. The molecule has 0 radical (unpaired) electrons. The van der Waals surface area contributed by atoms with E-state index in [9.17, 15) is 9.59 Å². The Kier molecular flexibility index (Phi) is 7.10. The van der Waals surface area contributed by atoms with Gasteiger partial charge in [0.2, 0.25) is 5.91 Å². The normalized spacial score (nSPS) is 17.4. The summed E-state index contributed by atoms with van der Waals surface area (Å²) in [6, 6.07) is 17.3. The Hall–Kier alpha value is -3.91. The number of nitrogen functional groups attached to an aromatic ring is 1. The van der Waals surface area contributed by atoms with Gasteiger partial charge in [0, 0.05) is 11.3 Å². The number of carbonyl (C=O) groups is 2. The van der Waals surface area contributed by atoms with Crippen LogP contribution in [0.3, 0.4) is 0 Å². The molecule has 2 heterocycles. The molecule has 0 spiro atoms. The lowest BCUT2D eigenvalue weighted by atomic mass is 9.97. The monoisotopic (exact) mass is 500 g/mol. The van der Waals surface area contributed by atoms with Crippen LogP contribution in [0, 0.1) is 5.41 Å². The fourth-order valence-corrected chi connectivity index (χ4v) is 5.24. The van der Waals surface area contributed by atoms with Crippen molar-refractivity contribution in [2.24, 2.45) is 5.73 Å². The Balaban J connectivity index is 1.49. The minimum Gasteiger partial charge on any atom is -0.490 e. The van der Waals surface area contributed by atoms with Crippen LogP contribution in [-0.4, -0.2) is 43.5 Å². The maximum absolute atomic E-state index is 13.4. The van der Waals surface area contributed by atoms with E-state index in [0.717, 1.165) is 59.3 Å². The Morgan fingerprint density at radius 2 is 1.84 bits per heavy atom. The van der Waals surface area contributed by atoms with Crippen LogP contribution < -0.4 is 20.7 Å². The summed E-state index contributed by atoms with van der Waals surface area (Å²) in [4.78, 5) is 27.3. The number of hydrogen-bond acceptors (Lipinski definition) is 6. The molecular weight excluding hydrogens is 468 g/mol. The van der Waals surface area contributed by atoms with Gasteiger partial charge in [0.15, 0.2) is 0 Å². The van der Waals surface area contributed by atoms with Crippen molar-refractivity contribution in [3.8, 4) is 5.75 Å². The van der Waals surface area contributed by atoms with Crippen LogP contribution in [0.1, 0.15) is 48.9 Å². The van der Waals surface area contributed by atoms with E-state index >= 15 is 0 Å². The standard InChI is InChI=1S/C29H32N4O4/c1-2-36-28(35)17-27(34)33-25-8-7-24(37-23-9-11-32-12-10-23)15-22(25)16-26(33)19-5-3-18-4-6-20(29(30)31)14-21(18)13-19/h3-8,13-15,23,26,32H,2,9-12,16-17H2,1H3,(H3,30,31). The highest BCUT2D eigenvalue weighted by atomic mass is 16.5. The Labute approximate surface area is 216 Å². The second kappa shape index (κ2) is 10.6. The van der Waals surface area contributed by atoms with Crippen LogP contribution in [0.5, 0.6) is 5.75 Å². The van der Waals surface area contributed by atoms with Gasteiger partial charge in [-0.1, -0.05) is 24.3 Å². The number of fused-ring (bicyclic) bond motifs is 2. The van der Waals surface area contributed by atoms with Crippen molar-refractivity contribution >= 4 is 34.2 Å². The van der Waals surface area contributed by atoms with Crippen LogP contribution >= 0.6 is 0 Å². The van der Waals surface area contributed by atoms with E-state index in [4.69, 9.17) is 20.6 Å². The number of hydrogen-bond donors (Lipinski definition) is 3. The SMILES string of the molecule is CCOC(=O)CC(=O)N1c2ccc(OC3CCNCC3)cc2CC1c1ccc2ccc(C(=N)N)cc2c1. The van der Waals surface area contributed by atoms with E-state index in [1.54, 1.807) is 11.8 Å². The number of esters is 1. The lowest BCUT2D eigenvalue weighted by Crippen LogP contribution is -2.34. The number of piperidine rings is 1. The summed E-state index contributed by atoms with van der Waals surface area (Å²) >= 11 is 0. The topological polar surface area (TPSA) is 118 Å². The summed E-state index contributed by atoms with van der Waals surface area (Å²) in [5, 5.41) is 13.1. The van der Waals surface area contributed by atoms with Crippen molar-refractivity contribution in [1.29, 1.82) is 5.41 Å². The molecule has 3 aromatic rings. The van der Waals surface area contributed by atoms with Crippen molar-refractivity contribution in [2.45, 2.75) is 44.8 Å². The van der Waals surface area contributed by atoms with Gasteiger partial charge in [-0.05, 0) is 91.5 Å². The minimum absolute atomic E-state index is 0.00749. The first-order valence-electron chi connectivity index (χ1n) is 12.8. The zero-order valence-electron chi connectivity index (χ0n) is 21.0. The van der Waals surface area contributed by atoms with Gasteiger partial charge in [-0.25, -0.2) is 0 Å². The van der Waals surface area contributed by atoms with E-state index in [1.165, 1.54) is 0 Å². The first kappa shape index (κ1) is 24.8. The van der Waals surface area contributed by atoms with Crippen LogP contribution in [-0.2, 0) is 20.7 Å². The molecule has 1 fully saturated rings. The van der Waals surface area contributed by atoms with E-state index in [0.29, 0.717) is 12.0 Å². The quantitative estimate of drug-likeness (QED) is 0.196. The van der Waals surface area contributed by atoms with E-state index in [-0.39, 0.29) is 36.9 Å². The first-order chi connectivity index (χ1) is 17.9. The van der Waals surface area contributed by atoms with Crippen molar-refractivity contribution in [3.05, 3.63) is 71.3 Å². The number of amides is 1. The van der Waals surface area contributed by atoms with Crippen molar-refractivity contribution in [1.82, 2.24) is 5.32 Å². The van der Waals surface area contributed by atoms with Crippen molar-refractivity contribution in [3.63, 3.8) is 0 Å². The van der Waals surface area contributed by atoms with Gasteiger partial charge in [0.25, 0.3) is 0 Å². The molecule has 192 valence electrons. The molecule has 8 nitrogen and oxygen atoms in total. The van der Waals surface area contributed by atoms with Gasteiger partial charge >= 0.3 is 5.97 Å². The van der Waals surface area contributed by atoms with E-state index < -0.39 is 5.97 Å². The average Bonchev–Trinajstić information content (AvgIpc) is 3.27. The number of ether oxygens (including phenoxy) is 2. The molecule has 0 aromatic heterocycles. The molecule has 4 N–H and O–H groups in total. The van der Waals surface area contributed by atoms with Crippen molar-refractivity contribution < 1.29 is 19.1 Å². The summed E-state index contributed by atoms with van der Waals surface area (Å²) in [6.45, 7) is 3.85. The third-order valence-electron chi connectivity index (χ3n) is 7.05. The number of carbonyl (C=O) groups excluding carboxylic acids is 2. The average molecular weight is 501 g/mol. The highest BCUT2D eigenvalue weighted by Crippen LogP contribution is 2.43. The maximum atomic E-state index is 13.4. The molecule has 37 heavy (non-hydrogen) atoms. The molecule has 1 atom stereocenters. The molecular formula is C29H32N4O4. The van der Waals surface area contributed by atoms with Gasteiger partial charge in [-0.2, -0.15) is 0 Å². The molecule has 5 rings (SSSR count). The van der Waals surface area contributed by atoms with Gasteiger partial charge in [0.1, 0.15) is 24.1 Å². The molecule has 1 amide bonds. The molecule has 2 aliphatic heterocycles. The van der Waals surface area contributed by atoms with E-state index in [2.05, 4.69) is 5.32 Å². The maximum Gasteiger partial charge on any atom is 0.315 e. The molecule has 3 aromatic carbocycles. The summed E-state index contributed by atoms with van der Waals surface area (Å²) < 4.78 is 11.3. The number of rotatable bonds is 7. The number of nitrogens with one attached hydrogen (secondary N) is 2. The largest absolute Gasteiger partial charge is 0.490 e. The number of benzene rings is 3. The molecule has 1 unspecified atom stereocenters. The Bertz CT molecular complexity index is 1350. The van der Waals surface area contributed by atoms with Gasteiger partial charge in [0.05, 0.1) is 12.6 Å². The van der Waals surface area contributed by atoms with Gasteiger partial charge in [-0.15, -0.1) is 0 Å². The third-order valence-corrected chi connectivity index (χ3v) is 7.05. The lowest BCUT2D eigenvalue weighted by molar-refractivity contribution is -0.145. The summed E-state index contributed by atoms with van der Waals surface area (Å²) in [5.41, 5.74) is 9.09. The van der Waals surface area contributed by atoms with Crippen molar-refractivity contribution in [2.75, 3.05) is 24.6 Å². The zero-order valence-corrected chi connectivity index (χ0v) is 21.0. The van der Waals surface area contributed by atoms with Crippen LogP contribution in [0.4, 0.5) is 5.69 Å². The fourth-order valence-electron chi connectivity index (χ4n) is 5.24. The summed E-state index contributed by atoms with van der Waals surface area (Å²) in [7, 11) is 0. The molecule has 1 saturated heterocycles. The second-order valence-corrected chi connectivity index (χ2v) is 9.56. The first-order valence-corrected chi connectivity index (χ1v) is 12.8. The van der Waals surface area contributed by atoms with Crippen LogP contribution in [0.15, 0.2) is 54.6 Å². The predicted octanol–water partition coefficient (Wildman–Crippen LogP) is 3.84. The number of nitrogens with two attached hydrogens (primary N) is 1. The number of anilines is 1. The lowest BCUT2D eigenvalue weighted by Gasteiger charge is -2.26. The van der Waals surface area contributed by atoms with Crippen LogP contribution in [0.2, 0.25) is 0 Å². The summed E-state index contributed by atoms with van der Waals surface area (Å²) in [6.07, 6.45) is 2.38. The highest BCUT2D eigenvalue weighted by molar-refractivity contribution is 6.05. The Morgan fingerprint density at radius 3 is 2.59 bits per heavy atom. The van der Waals surface area contributed by atoms with E-state index in [1.807, 2.05) is 54.6 Å². The molecule has 2 aliphatic rings. The van der Waals surface area contributed by atoms with Gasteiger partial charge in [-0.3, -0.25) is 15.0 Å². The van der Waals surface area contributed by atoms with Crippen LogP contribution in [0.25, 0.3) is 10.8 Å². The molecule has 0 bridgehead atoms. The smallest absolute Gasteiger partial charge is 0.315 e. The third kappa shape index (κ3) is 5.29. The fraction of sp³-hybridized carbons (Fsp3) is 0.345. The Morgan fingerprint density at radius 1 is 1.05 bits per heavy atom. The molecule has 0 aliphatic carbocycles. The molecule has 0 saturated carbocycles. The summed E-state index contributed by atoms with van der Waals surface area (Å²) in [5.74, 6) is -0.0243. The number of amidine groups is 1. The molecule has 8 heteroatoms. The number of nitrogens with zero attached hydrogens (tertiary/aromatic N) is 1. The zero-order chi connectivity index (χ0) is 25.9. The van der Waals surface area contributed by atoms with Gasteiger partial charge < -0.3 is 25.4 Å². The second-order valence-electron chi connectivity index (χ2n) is 9.56.